The van der Waals surface area contributed by atoms with Gasteiger partial charge in [-0.05, 0) is 85.3 Å². The number of carbonyl (C=O) groups is 1. The number of benzene rings is 3. The number of fused-ring (bicyclic) bond motifs is 1. The Labute approximate surface area is 284 Å². The molecule has 13 heteroatoms. The van der Waals surface area contributed by atoms with Crippen LogP contribution in [0, 0.1) is 29.0 Å². The number of esters is 1. The molecular weight excluding hydrogens is 646 g/mol. The van der Waals surface area contributed by atoms with Crippen LogP contribution in [0.25, 0.3) is 33.3 Å². The molecule has 0 bridgehead atoms. The van der Waals surface area contributed by atoms with Crippen molar-refractivity contribution in [1.82, 2.24) is 29.6 Å². The molecule has 1 saturated heterocycles. The van der Waals surface area contributed by atoms with Gasteiger partial charge in [-0.3, -0.25) is 4.68 Å². The fourth-order valence-electron chi connectivity index (χ4n) is 6.12. The predicted molar refractivity (Wildman–Crippen MR) is 183 cm³/mol. The van der Waals surface area contributed by atoms with Crippen molar-refractivity contribution in [2.45, 2.75) is 38.1 Å². The maximum absolute atomic E-state index is 14.2. The zero-order valence-corrected chi connectivity index (χ0v) is 28.2. The number of hydrogen-bond acceptors (Lipinski definition) is 8. The van der Waals surface area contributed by atoms with E-state index in [4.69, 9.17) is 4.74 Å². The monoisotopic (exact) mass is 683 g/mol. The molecule has 11 nitrogen and oxygen atoms in total. The topological polar surface area (TPSA) is 146 Å². The van der Waals surface area contributed by atoms with Crippen LogP contribution in [-0.2, 0) is 21.3 Å². The van der Waals surface area contributed by atoms with Crippen molar-refractivity contribution in [2.24, 2.45) is 11.8 Å². The zero-order valence-electron chi connectivity index (χ0n) is 27.4. The van der Waals surface area contributed by atoms with Crippen molar-refractivity contribution in [2.75, 3.05) is 32.8 Å². The van der Waals surface area contributed by atoms with Crippen LogP contribution in [0.1, 0.15) is 42.7 Å². The van der Waals surface area contributed by atoms with Gasteiger partial charge in [-0.2, -0.15) is 5.26 Å². The Morgan fingerprint density at radius 2 is 1.88 bits per heavy atom. The van der Waals surface area contributed by atoms with E-state index in [1.165, 1.54) is 12.1 Å². The molecule has 0 radical (unpaired) electrons. The second kappa shape index (κ2) is 14.7. The number of H-pyrrole nitrogens is 1. The van der Waals surface area contributed by atoms with Gasteiger partial charge < -0.3 is 14.6 Å². The molecule has 1 aliphatic rings. The SMILES string of the molecule is CC(C)COC(=O)c1[nH]c2ccc(F)cc2c1-c1cn(CC2CCN(CCNS(=O)(=O)c3ccc(-c4ccccc4C#N)cc3)CC2)nn1. The summed E-state index contributed by atoms with van der Waals surface area (Å²) in [6.45, 7) is 7.29. The molecule has 3 aromatic carbocycles. The van der Waals surface area contributed by atoms with Gasteiger partial charge >= 0.3 is 5.97 Å². The molecule has 1 aliphatic heterocycles. The highest BCUT2D eigenvalue weighted by Gasteiger charge is 2.25. The fraction of sp³-hybridized carbons (Fsp3) is 0.333. The van der Waals surface area contributed by atoms with E-state index in [-0.39, 0.29) is 29.7 Å². The molecule has 3 heterocycles. The molecule has 0 amide bonds. The third kappa shape index (κ3) is 7.88. The van der Waals surface area contributed by atoms with E-state index in [1.807, 2.05) is 26.0 Å². The number of ether oxygens (including phenoxy) is 1. The predicted octanol–water partition coefficient (Wildman–Crippen LogP) is 5.61. The molecule has 0 spiro atoms. The first-order chi connectivity index (χ1) is 23.6. The van der Waals surface area contributed by atoms with Crippen LogP contribution in [0.5, 0.6) is 0 Å². The highest BCUT2D eigenvalue weighted by molar-refractivity contribution is 7.89. The van der Waals surface area contributed by atoms with Crippen LogP contribution in [0.15, 0.2) is 77.8 Å². The molecule has 49 heavy (non-hydrogen) atoms. The summed E-state index contributed by atoms with van der Waals surface area (Å²) >= 11 is 0. The van der Waals surface area contributed by atoms with Gasteiger partial charge in [0.1, 0.15) is 17.2 Å². The lowest BCUT2D eigenvalue weighted by Crippen LogP contribution is -2.40. The molecule has 0 unspecified atom stereocenters. The Balaban J connectivity index is 1.02. The number of nitrogens with one attached hydrogen (secondary N) is 2. The number of sulfonamides is 1. The van der Waals surface area contributed by atoms with Crippen LogP contribution in [0.2, 0.25) is 0 Å². The standard InChI is InChI=1S/C36H38FN7O4S/c1-24(2)23-48-36(45)35-34(31-19-28(37)9-12-32(31)40-35)33-22-44(42-41-33)21-25-13-16-43(17-14-25)18-15-39-49(46,47)29-10-7-26(8-11-29)30-6-4-3-5-27(30)20-38/h3-12,19,22,24-25,39-40H,13-18,21,23H2,1-2H3. The number of likely N-dealkylation sites (tertiary alicyclic amines) is 1. The minimum absolute atomic E-state index is 0.162. The molecular formula is C36H38FN7O4S. The van der Waals surface area contributed by atoms with Crippen molar-refractivity contribution in [3.8, 4) is 28.5 Å². The highest BCUT2D eigenvalue weighted by atomic mass is 32.2. The quantitative estimate of drug-likeness (QED) is 0.162. The van der Waals surface area contributed by atoms with Gasteiger partial charge in [0, 0.05) is 36.1 Å². The molecule has 0 atom stereocenters. The van der Waals surface area contributed by atoms with Crippen LogP contribution in [-0.4, -0.2) is 72.1 Å². The Kier molecular flexibility index (Phi) is 10.2. The van der Waals surface area contributed by atoms with Crippen molar-refractivity contribution in [1.29, 1.82) is 5.26 Å². The smallest absolute Gasteiger partial charge is 0.355 e. The van der Waals surface area contributed by atoms with Crippen LogP contribution >= 0.6 is 0 Å². The summed E-state index contributed by atoms with van der Waals surface area (Å²) < 4.78 is 50.1. The Morgan fingerprint density at radius 1 is 1.12 bits per heavy atom. The summed E-state index contributed by atoms with van der Waals surface area (Å²) in [4.78, 5) is 18.5. The van der Waals surface area contributed by atoms with E-state index in [9.17, 15) is 22.9 Å². The average molecular weight is 684 g/mol. The third-order valence-corrected chi connectivity index (χ3v) is 10.2. The molecule has 254 valence electrons. The Hall–Kier alpha value is -4.90. The number of nitriles is 1. The van der Waals surface area contributed by atoms with Gasteiger partial charge in [0.15, 0.2) is 0 Å². The third-order valence-electron chi connectivity index (χ3n) is 8.70. The minimum Gasteiger partial charge on any atom is -0.461 e. The fourth-order valence-corrected chi connectivity index (χ4v) is 7.15. The van der Waals surface area contributed by atoms with Gasteiger partial charge in [0.05, 0.1) is 29.3 Å². The summed E-state index contributed by atoms with van der Waals surface area (Å²) in [6.07, 6.45) is 3.58. The maximum atomic E-state index is 14.2. The molecule has 5 aromatic rings. The van der Waals surface area contributed by atoms with Crippen molar-refractivity contribution >= 4 is 26.9 Å². The van der Waals surface area contributed by atoms with Gasteiger partial charge in [0.2, 0.25) is 10.0 Å². The van der Waals surface area contributed by atoms with E-state index in [0.29, 0.717) is 46.7 Å². The van der Waals surface area contributed by atoms with E-state index < -0.39 is 21.8 Å². The Bertz CT molecular complexity index is 2090. The first-order valence-corrected chi connectivity index (χ1v) is 17.8. The molecule has 1 fully saturated rings. The largest absolute Gasteiger partial charge is 0.461 e. The van der Waals surface area contributed by atoms with Gasteiger partial charge in [-0.1, -0.05) is 49.4 Å². The summed E-state index contributed by atoms with van der Waals surface area (Å²) in [5.41, 5.74) is 3.81. The molecule has 2 aromatic heterocycles. The van der Waals surface area contributed by atoms with E-state index in [0.717, 1.165) is 37.1 Å². The molecule has 0 aliphatic carbocycles. The van der Waals surface area contributed by atoms with E-state index in [1.54, 1.807) is 53.3 Å². The number of nitrogens with zero attached hydrogens (tertiary/aromatic N) is 5. The summed E-state index contributed by atoms with van der Waals surface area (Å²) in [7, 11) is -3.69. The lowest BCUT2D eigenvalue weighted by atomic mass is 9.97. The number of piperidine rings is 1. The van der Waals surface area contributed by atoms with Crippen molar-refractivity contribution < 1.29 is 22.3 Å². The minimum atomic E-state index is -3.69. The second-order valence-electron chi connectivity index (χ2n) is 12.7. The van der Waals surface area contributed by atoms with Crippen molar-refractivity contribution in [3.63, 3.8) is 0 Å². The summed E-state index contributed by atoms with van der Waals surface area (Å²) in [5.74, 6) is -0.450. The van der Waals surface area contributed by atoms with Crippen LogP contribution in [0.3, 0.4) is 0 Å². The molecule has 6 rings (SSSR count). The first kappa shape index (κ1) is 34.0. The normalized spacial score (nSPS) is 14.3. The van der Waals surface area contributed by atoms with Gasteiger partial charge in [-0.15, -0.1) is 5.10 Å². The molecule has 2 N–H and O–H groups in total. The lowest BCUT2D eigenvalue weighted by molar-refractivity contribution is 0.0454. The maximum Gasteiger partial charge on any atom is 0.355 e. The summed E-state index contributed by atoms with van der Waals surface area (Å²) in [5, 5.41) is 18.6. The van der Waals surface area contributed by atoms with E-state index in [2.05, 4.69) is 31.0 Å². The number of carbonyl (C=O) groups excluding carboxylic acids is 1. The zero-order chi connectivity index (χ0) is 34.5. The number of aromatic amines is 1. The number of aromatic nitrogens is 4. The summed E-state index contributed by atoms with van der Waals surface area (Å²) in [6, 6.07) is 20.2. The van der Waals surface area contributed by atoms with Crippen LogP contribution < -0.4 is 4.72 Å². The van der Waals surface area contributed by atoms with Crippen LogP contribution in [0.4, 0.5) is 4.39 Å². The number of rotatable bonds is 12. The highest BCUT2D eigenvalue weighted by Crippen LogP contribution is 2.33. The number of hydrogen-bond donors (Lipinski definition) is 2. The Morgan fingerprint density at radius 3 is 2.61 bits per heavy atom. The number of halogens is 1. The van der Waals surface area contributed by atoms with Gasteiger partial charge in [-0.25, -0.2) is 22.3 Å². The average Bonchev–Trinajstić information content (AvgIpc) is 3.72. The molecule has 0 saturated carbocycles. The van der Waals surface area contributed by atoms with Gasteiger partial charge in [0.25, 0.3) is 0 Å². The first-order valence-electron chi connectivity index (χ1n) is 16.3. The lowest BCUT2D eigenvalue weighted by Gasteiger charge is -2.31. The van der Waals surface area contributed by atoms with E-state index >= 15 is 0 Å². The van der Waals surface area contributed by atoms with Crippen molar-refractivity contribution in [3.05, 3.63) is 90.0 Å². The second-order valence-corrected chi connectivity index (χ2v) is 14.5.